The quantitative estimate of drug-likeness (QED) is 0.495. The number of para-hydroxylation sites is 1. The predicted octanol–water partition coefficient (Wildman–Crippen LogP) is 3.93. The Kier molecular flexibility index (Phi) is 4.45. The molecule has 2 aromatic heterocycles. The van der Waals surface area contributed by atoms with Crippen LogP contribution in [0.3, 0.4) is 0 Å². The van der Waals surface area contributed by atoms with Crippen LogP contribution in [0, 0.1) is 0 Å². The fraction of sp³-hybridized carbons (Fsp3) is 0.105. The SMILES string of the molecule is COc1ccc(Cc2nnc(Sc3cc4ccccc4oc3=O)o2)cc1. The molecule has 0 fully saturated rings. The van der Waals surface area contributed by atoms with E-state index in [9.17, 15) is 4.79 Å². The van der Waals surface area contributed by atoms with Gasteiger partial charge in [-0.05, 0) is 41.6 Å². The summed E-state index contributed by atoms with van der Waals surface area (Å²) in [6, 6.07) is 16.7. The first kappa shape index (κ1) is 16.4. The Morgan fingerprint density at radius 1 is 1.04 bits per heavy atom. The van der Waals surface area contributed by atoms with Gasteiger partial charge in [0.05, 0.1) is 13.5 Å². The van der Waals surface area contributed by atoms with Crippen LogP contribution >= 0.6 is 11.8 Å². The molecule has 4 aromatic rings. The van der Waals surface area contributed by atoms with Gasteiger partial charge in [-0.1, -0.05) is 30.3 Å². The molecule has 0 N–H and O–H groups in total. The van der Waals surface area contributed by atoms with Gasteiger partial charge in [-0.2, -0.15) is 0 Å². The average molecular weight is 366 g/mol. The van der Waals surface area contributed by atoms with Crippen LogP contribution in [0.1, 0.15) is 11.5 Å². The third-order valence-corrected chi connectivity index (χ3v) is 4.61. The lowest BCUT2D eigenvalue weighted by Gasteiger charge is -2.00. The maximum atomic E-state index is 12.1. The van der Waals surface area contributed by atoms with Crippen LogP contribution in [0.5, 0.6) is 5.75 Å². The highest BCUT2D eigenvalue weighted by molar-refractivity contribution is 7.99. The molecule has 7 heteroatoms. The van der Waals surface area contributed by atoms with Crippen LogP contribution < -0.4 is 10.4 Å². The van der Waals surface area contributed by atoms with E-state index in [-0.39, 0.29) is 0 Å². The highest BCUT2D eigenvalue weighted by Gasteiger charge is 2.13. The molecular weight excluding hydrogens is 352 g/mol. The third-order valence-electron chi connectivity index (χ3n) is 3.77. The Hall–Kier alpha value is -3.06. The molecule has 0 saturated carbocycles. The van der Waals surface area contributed by atoms with Crippen molar-refractivity contribution < 1.29 is 13.6 Å². The zero-order valence-corrected chi connectivity index (χ0v) is 14.7. The Bertz CT molecular complexity index is 1100. The van der Waals surface area contributed by atoms with Crippen LogP contribution in [0.4, 0.5) is 0 Å². The number of hydrogen-bond acceptors (Lipinski definition) is 7. The fourth-order valence-corrected chi connectivity index (χ4v) is 3.20. The molecule has 26 heavy (non-hydrogen) atoms. The standard InChI is InChI=1S/C19H14N2O4S/c1-23-14-8-6-12(7-9-14)10-17-20-21-19(25-17)26-16-11-13-4-2-3-5-15(13)24-18(16)22/h2-9,11H,10H2,1H3. The van der Waals surface area contributed by atoms with Gasteiger partial charge in [0.25, 0.3) is 5.22 Å². The summed E-state index contributed by atoms with van der Waals surface area (Å²) in [5.74, 6) is 1.27. The summed E-state index contributed by atoms with van der Waals surface area (Å²) in [5.41, 5.74) is 1.15. The molecule has 0 unspecified atom stereocenters. The second kappa shape index (κ2) is 7.05. The molecule has 0 atom stereocenters. The van der Waals surface area contributed by atoms with E-state index in [0.29, 0.717) is 28.0 Å². The first-order chi connectivity index (χ1) is 12.7. The first-order valence-corrected chi connectivity index (χ1v) is 8.69. The Morgan fingerprint density at radius 2 is 1.85 bits per heavy atom. The normalized spacial score (nSPS) is 11.0. The third kappa shape index (κ3) is 3.48. The molecular formula is C19H14N2O4S. The van der Waals surface area contributed by atoms with Crippen LogP contribution in [-0.4, -0.2) is 17.3 Å². The number of benzene rings is 2. The van der Waals surface area contributed by atoms with E-state index in [0.717, 1.165) is 28.5 Å². The van der Waals surface area contributed by atoms with E-state index < -0.39 is 5.63 Å². The average Bonchev–Trinajstić information content (AvgIpc) is 3.10. The van der Waals surface area contributed by atoms with Gasteiger partial charge >= 0.3 is 5.63 Å². The molecule has 4 rings (SSSR count). The largest absolute Gasteiger partial charge is 0.497 e. The van der Waals surface area contributed by atoms with Gasteiger partial charge in [-0.25, -0.2) is 4.79 Å². The van der Waals surface area contributed by atoms with Gasteiger partial charge in [0.2, 0.25) is 5.89 Å². The van der Waals surface area contributed by atoms with Crippen molar-refractivity contribution >= 4 is 22.7 Å². The molecule has 0 bridgehead atoms. The van der Waals surface area contributed by atoms with E-state index >= 15 is 0 Å². The van der Waals surface area contributed by atoms with Crippen molar-refractivity contribution in [3.05, 3.63) is 76.5 Å². The molecule has 0 aliphatic rings. The van der Waals surface area contributed by atoms with Gasteiger partial charge < -0.3 is 13.6 Å². The van der Waals surface area contributed by atoms with Gasteiger partial charge in [0.15, 0.2) is 0 Å². The number of nitrogens with zero attached hydrogens (tertiary/aromatic N) is 2. The monoisotopic (exact) mass is 366 g/mol. The summed E-state index contributed by atoms with van der Waals surface area (Å²) in [5, 5.41) is 9.19. The van der Waals surface area contributed by atoms with Gasteiger partial charge in [0.1, 0.15) is 16.2 Å². The van der Waals surface area contributed by atoms with Crippen molar-refractivity contribution in [2.75, 3.05) is 7.11 Å². The van der Waals surface area contributed by atoms with Crippen LogP contribution in [0.15, 0.2) is 78.3 Å². The van der Waals surface area contributed by atoms with Crippen LogP contribution in [-0.2, 0) is 6.42 Å². The number of hydrogen-bond donors (Lipinski definition) is 0. The van der Waals surface area contributed by atoms with E-state index in [2.05, 4.69) is 10.2 Å². The summed E-state index contributed by atoms with van der Waals surface area (Å²) in [6.45, 7) is 0. The number of aromatic nitrogens is 2. The van der Waals surface area contributed by atoms with Crippen molar-refractivity contribution in [2.24, 2.45) is 0 Å². The molecule has 2 aromatic carbocycles. The first-order valence-electron chi connectivity index (χ1n) is 7.87. The van der Waals surface area contributed by atoms with Crippen molar-refractivity contribution in [1.82, 2.24) is 10.2 Å². The molecule has 0 saturated heterocycles. The lowest BCUT2D eigenvalue weighted by molar-refractivity contribution is 0.413. The maximum absolute atomic E-state index is 12.1. The van der Waals surface area contributed by atoms with E-state index in [4.69, 9.17) is 13.6 Å². The fourth-order valence-electron chi connectivity index (χ4n) is 2.48. The minimum absolute atomic E-state index is 0.302. The molecule has 0 amide bonds. The second-order valence-electron chi connectivity index (χ2n) is 5.52. The molecule has 0 radical (unpaired) electrons. The topological polar surface area (TPSA) is 78.4 Å². The lowest BCUT2D eigenvalue weighted by atomic mass is 10.1. The lowest BCUT2D eigenvalue weighted by Crippen LogP contribution is -2.01. The highest BCUT2D eigenvalue weighted by Crippen LogP contribution is 2.27. The Labute approximate surface area is 152 Å². The Balaban J connectivity index is 1.53. The molecule has 0 spiro atoms. The summed E-state index contributed by atoms with van der Waals surface area (Å²) < 4.78 is 16.1. The van der Waals surface area contributed by atoms with Crippen LogP contribution in [0.25, 0.3) is 11.0 Å². The van der Waals surface area contributed by atoms with E-state index in [1.165, 1.54) is 0 Å². The minimum atomic E-state index is -0.427. The number of fused-ring (bicyclic) bond motifs is 1. The maximum Gasteiger partial charge on any atom is 0.350 e. The van der Waals surface area contributed by atoms with Gasteiger partial charge in [-0.3, -0.25) is 0 Å². The second-order valence-corrected chi connectivity index (χ2v) is 6.52. The summed E-state index contributed by atoms with van der Waals surface area (Å²) in [6.07, 6.45) is 0.504. The molecule has 130 valence electrons. The summed E-state index contributed by atoms with van der Waals surface area (Å²) in [4.78, 5) is 12.5. The molecule has 0 aliphatic carbocycles. The van der Waals surface area contributed by atoms with Gasteiger partial charge in [-0.15, -0.1) is 10.2 Å². The van der Waals surface area contributed by atoms with Crippen molar-refractivity contribution in [2.45, 2.75) is 16.5 Å². The molecule has 6 nitrogen and oxygen atoms in total. The van der Waals surface area contributed by atoms with Gasteiger partial charge in [0, 0.05) is 5.39 Å². The number of ether oxygens (including phenoxy) is 1. The predicted molar refractivity (Wildman–Crippen MR) is 96.7 cm³/mol. The Morgan fingerprint density at radius 3 is 2.65 bits per heavy atom. The zero-order chi connectivity index (χ0) is 17.9. The van der Waals surface area contributed by atoms with Crippen molar-refractivity contribution in [3.8, 4) is 5.75 Å². The van der Waals surface area contributed by atoms with Crippen LogP contribution in [0.2, 0.25) is 0 Å². The van der Waals surface area contributed by atoms with Crippen molar-refractivity contribution in [3.63, 3.8) is 0 Å². The minimum Gasteiger partial charge on any atom is -0.497 e. The molecule has 0 aliphatic heterocycles. The van der Waals surface area contributed by atoms with Crippen molar-refractivity contribution in [1.29, 1.82) is 0 Å². The van der Waals surface area contributed by atoms with E-state index in [1.807, 2.05) is 42.5 Å². The molecule has 2 heterocycles. The highest BCUT2D eigenvalue weighted by atomic mass is 32.2. The summed E-state index contributed by atoms with van der Waals surface area (Å²) >= 11 is 1.10. The zero-order valence-electron chi connectivity index (χ0n) is 13.8. The van der Waals surface area contributed by atoms with E-state index in [1.54, 1.807) is 19.2 Å². The number of methoxy groups -OCH3 is 1. The number of rotatable bonds is 5. The summed E-state index contributed by atoms with van der Waals surface area (Å²) in [7, 11) is 1.62. The smallest absolute Gasteiger partial charge is 0.350 e.